The van der Waals surface area contributed by atoms with Crippen molar-refractivity contribution in [3.63, 3.8) is 0 Å². The number of nitrogens with zero attached hydrogens (tertiary/aromatic N) is 2. The SMILES string of the molecule is Fc1cc(F)cc(CCn2cncc2CNC2CC2)c1. The van der Waals surface area contributed by atoms with Gasteiger partial charge in [-0.3, -0.25) is 0 Å². The lowest BCUT2D eigenvalue weighted by atomic mass is 10.1. The molecular weight excluding hydrogens is 260 g/mol. The summed E-state index contributed by atoms with van der Waals surface area (Å²) in [5, 5.41) is 3.43. The zero-order chi connectivity index (χ0) is 13.9. The maximum atomic E-state index is 13.1. The normalized spacial score (nSPS) is 14.7. The number of aromatic nitrogens is 2. The van der Waals surface area contributed by atoms with Gasteiger partial charge in [-0.15, -0.1) is 0 Å². The smallest absolute Gasteiger partial charge is 0.126 e. The van der Waals surface area contributed by atoms with Gasteiger partial charge in [0.2, 0.25) is 0 Å². The average Bonchev–Trinajstić information content (AvgIpc) is 3.12. The fourth-order valence-corrected chi connectivity index (χ4v) is 2.24. The van der Waals surface area contributed by atoms with Crippen LogP contribution in [0.4, 0.5) is 8.78 Å². The van der Waals surface area contributed by atoms with Crippen molar-refractivity contribution in [3.05, 3.63) is 53.6 Å². The van der Waals surface area contributed by atoms with Crippen LogP contribution >= 0.6 is 0 Å². The molecule has 0 bridgehead atoms. The molecular formula is C15H17F2N3. The van der Waals surface area contributed by atoms with Crippen LogP contribution in [0.25, 0.3) is 0 Å². The minimum absolute atomic E-state index is 0.527. The molecule has 2 aromatic rings. The highest BCUT2D eigenvalue weighted by molar-refractivity contribution is 5.18. The van der Waals surface area contributed by atoms with Gasteiger partial charge in [0.25, 0.3) is 0 Å². The number of aryl methyl sites for hydroxylation is 2. The molecule has 1 heterocycles. The van der Waals surface area contributed by atoms with Gasteiger partial charge in [-0.05, 0) is 37.0 Å². The minimum atomic E-state index is -0.527. The van der Waals surface area contributed by atoms with E-state index < -0.39 is 11.6 Å². The Balaban J connectivity index is 1.61. The number of hydrogen-bond donors (Lipinski definition) is 1. The average molecular weight is 277 g/mol. The largest absolute Gasteiger partial charge is 0.333 e. The van der Waals surface area contributed by atoms with Crippen LogP contribution in [-0.2, 0) is 19.5 Å². The topological polar surface area (TPSA) is 29.9 Å². The highest BCUT2D eigenvalue weighted by atomic mass is 19.1. The molecule has 1 N–H and O–H groups in total. The van der Waals surface area contributed by atoms with Crippen molar-refractivity contribution in [2.75, 3.05) is 0 Å². The Morgan fingerprint density at radius 2 is 1.95 bits per heavy atom. The molecule has 106 valence electrons. The summed E-state index contributed by atoms with van der Waals surface area (Å²) >= 11 is 0. The van der Waals surface area contributed by atoms with Gasteiger partial charge >= 0.3 is 0 Å². The second-order valence-electron chi connectivity index (χ2n) is 5.26. The Morgan fingerprint density at radius 1 is 1.20 bits per heavy atom. The minimum Gasteiger partial charge on any atom is -0.333 e. The van der Waals surface area contributed by atoms with Crippen LogP contribution < -0.4 is 5.32 Å². The van der Waals surface area contributed by atoms with Crippen molar-refractivity contribution in [1.82, 2.24) is 14.9 Å². The van der Waals surface area contributed by atoms with Gasteiger partial charge in [-0.25, -0.2) is 13.8 Å². The molecule has 0 aliphatic heterocycles. The molecule has 0 atom stereocenters. The molecule has 0 saturated heterocycles. The zero-order valence-corrected chi connectivity index (χ0v) is 11.1. The third-order valence-electron chi connectivity index (χ3n) is 3.51. The van der Waals surface area contributed by atoms with E-state index in [1.807, 2.05) is 10.8 Å². The maximum absolute atomic E-state index is 13.1. The summed E-state index contributed by atoms with van der Waals surface area (Å²) < 4.78 is 28.3. The molecule has 3 nitrogen and oxygen atoms in total. The van der Waals surface area contributed by atoms with Crippen LogP contribution in [0.1, 0.15) is 24.1 Å². The van der Waals surface area contributed by atoms with Crippen LogP contribution in [0.5, 0.6) is 0 Å². The highest BCUT2D eigenvalue weighted by Gasteiger charge is 2.20. The van der Waals surface area contributed by atoms with Crippen molar-refractivity contribution < 1.29 is 8.78 Å². The first kappa shape index (κ1) is 13.2. The molecule has 0 spiro atoms. The quantitative estimate of drug-likeness (QED) is 0.879. The van der Waals surface area contributed by atoms with Crippen LogP contribution in [-0.4, -0.2) is 15.6 Å². The third-order valence-corrected chi connectivity index (χ3v) is 3.51. The van der Waals surface area contributed by atoms with Crippen LogP contribution in [0.15, 0.2) is 30.7 Å². The number of hydrogen-bond acceptors (Lipinski definition) is 2. The van der Waals surface area contributed by atoms with E-state index in [1.165, 1.54) is 25.0 Å². The van der Waals surface area contributed by atoms with Crippen molar-refractivity contribution in [1.29, 1.82) is 0 Å². The lowest BCUT2D eigenvalue weighted by Gasteiger charge is -2.09. The van der Waals surface area contributed by atoms with E-state index in [-0.39, 0.29) is 0 Å². The van der Waals surface area contributed by atoms with Crippen LogP contribution in [0.3, 0.4) is 0 Å². The molecule has 1 aliphatic rings. The van der Waals surface area contributed by atoms with Gasteiger partial charge in [0.05, 0.1) is 12.0 Å². The Kier molecular flexibility index (Phi) is 3.78. The van der Waals surface area contributed by atoms with Gasteiger partial charge in [0.1, 0.15) is 11.6 Å². The lowest BCUT2D eigenvalue weighted by molar-refractivity contribution is 0.572. The molecule has 1 aromatic heterocycles. The van der Waals surface area contributed by atoms with Gasteiger partial charge in [-0.2, -0.15) is 0 Å². The Labute approximate surface area is 116 Å². The number of nitrogens with one attached hydrogen (secondary N) is 1. The summed E-state index contributed by atoms with van der Waals surface area (Å²) in [6.45, 7) is 1.47. The van der Waals surface area contributed by atoms with E-state index in [9.17, 15) is 8.78 Å². The molecule has 1 saturated carbocycles. The molecule has 3 rings (SSSR count). The second-order valence-corrected chi connectivity index (χ2v) is 5.26. The van der Waals surface area contributed by atoms with E-state index in [0.29, 0.717) is 24.6 Å². The Hall–Kier alpha value is -1.75. The maximum Gasteiger partial charge on any atom is 0.126 e. The van der Waals surface area contributed by atoms with Crippen LogP contribution in [0.2, 0.25) is 0 Å². The van der Waals surface area contributed by atoms with E-state index in [0.717, 1.165) is 18.3 Å². The zero-order valence-electron chi connectivity index (χ0n) is 11.1. The number of imidazole rings is 1. The summed E-state index contributed by atoms with van der Waals surface area (Å²) in [4.78, 5) is 4.14. The highest BCUT2D eigenvalue weighted by Crippen LogP contribution is 2.19. The monoisotopic (exact) mass is 277 g/mol. The van der Waals surface area contributed by atoms with Gasteiger partial charge in [0, 0.05) is 31.4 Å². The molecule has 1 aliphatic carbocycles. The predicted molar refractivity (Wildman–Crippen MR) is 72.2 cm³/mol. The first-order valence-corrected chi connectivity index (χ1v) is 6.88. The van der Waals surface area contributed by atoms with Crippen molar-refractivity contribution >= 4 is 0 Å². The number of halogens is 2. The van der Waals surface area contributed by atoms with Crippen molar-refractivity contribution in [2.24, 2.45) is 0 Å². The van der Waals surface area contributed by atoms with E-state index in [2.05, 4.69) is 10.3 Å². The van der Waals surface area contributed by atoms with E-state index in [1.54, 1.807) is 6.33 Å². The number of benzene rings is 1. The van der Waals surface area contributed by atoms with Crippen molar-refractivity contribution in [2.45, 2.75) is 38.4 Å². The Morgan fingerprint density at radius 3 is 2.65 bits per heavy atom. The van der Waals surface area contributed by atoms with Crippen molar-refractivity contribution in [3.8, 4) is 0 Å². The first-order chi connectivity index (χ1) is 9.70. The standard InChI is InChI=1S/C15H17F2N3/c16-12-5-11(6-13(17)7-12)3-4-20-10-18-8-15(20)9-19-14-1-2-14/h5-8,10,14,19H,1-4,9H2. The summed E-state index contributed by atoms with van der Waals surface area (Å²) in [7, 11) is 0. The molecule has 0 amide bonds. The van der Waals surface area contributed by atoms with Gasteiger partial charge in [-0.1, -0.05) is 0 Å². The van der Waals surface area contributed by atoms with E-state index >= 15 is 0 Å². The fourth-order valence-electron chi connectivity index (χ4n) is 2.24. The Bertz CT molecular complexity index is 570. The first-order valence-electron chi connectivity index (χ1n) is 6.88. The molecule has 1 aromatic carbocycles. The number of rotatable bonds is 6. The van der Waals surface area contributed by atoms with E-state index in [4.69, 9.17) is 0 Å². The third kappa shape index (κ3) is 3.42. The summed E-state index contributed by atoms with van der Waals surface area (Å²) in [5.41, 5.74) is 1.77. The predicted octanol–water partition coefficient (Wildman–Crippen LogP) is 2.66. The fraction of sp³-hybridized carbons (Fsp3) is 0.400. The van der Waals surface area contributed by atoms with Gasteiger partial charge in [0.15, 0.2) is 0 Å². The molecule has 0 unspecified atom stereocenters. The lowest BCUT2D eigenvalue weighted by Crippen LogP contribution is -2.18. The molecule has 1 fully saturated rings. The molecule has 20 heavy (non-hydrogen) atoms. The summed E-state index contributed by atoms with van der Waals surface area (Å²) in [6, 6.07) is 4.30. The molecule has 5 heteroatoms. The summed E-state index contributed by atoms with van der Waals surface area (Å²) in [6.07, 6.45) is 6.68. The van der Waals surface area contributed by atoms with Crippen LogP contribution in [0, 0.1) is 11.6 Å². The molecule has 0 radical (unpaired) electrons. The van der Waals surface area contributed by atoms with Gasteiger partial charge < -0.3 is 9.88 Å². The second kappa shape index (κ2) is 5.71. The summed E-state index contributed by atoms with van der Waals surface area (Å²) in [5.74, 6) is -1.05.